The van der Waals surface area contributed by atoms with Crippen molar-refractivity contribution < 1.29 is 17.6 Å². The van der Waals surface area contributed by atoms with E-state index in [1.165, 1.54) is 12.1 Å². The molecular weight excluding hydrogens is 258 g/mol. The molecule has 0 bridgehead atoms. The van der Waals surface area contributed by atoms with E-state index in [1.54, 1.807) is 0 Å². The molecule has 0 aliphatic carbocycles. The summed E-state index contributed by atoms with van der Waals surface area (Å²) < 4.78 is 51.3. The first-order valence-electron chi connectivity index (χ1n) is 5.09. The van der Waals surface area contributed by atoms with Crippen LogP contribution in [0.5, 0.6) is 0 Å². The number of halogens is 5. The molecule has 0 aromatic heterocycles. The normalized spacial score (nSPS) is 20.1. The second-order valence-electron chi connectivity index (χ2n) is 3.85. The average molecular weight is 270 g/mol. The lowest BCUT2D eigenvalue weighted by molar-refractivity contribution is -0.140. The molecule has 1 aromatic rings. The third-order valence-electron chi connectivity index (χ3n) is 2.77. The Kier molecular flexibility index (Phi) is 4.38. The molecule has 1 atom stereocenters. The van der Waals surface area contributed by atoms with Gasteiger partial charge in [0.1, 0.15) is 5.82 Å². The van der Waals surface area contributed by atoms with Crippen LogP contribution in [0.4, 0.5) is 17.6 Å². The average Bonchev–Trinajstić information content (AvgIpc) is 2.67. The number of alkyl halides is 3. The fourth-order valence-corrected chi connectivity index (χ4v) is 2.08. The SMILES string of the molecule is Cl.Fc1cccc([C@H]2CCCN2)c1C(F)(F)F. The predicted octanol–water partition coefficient (Wildman–Crippen LogP) is 3.69. The zero-order valence-electron chi connectivity index (χ0n) is 8.85. The topological polar surface area (TPSA) is 12.0 Å². The fraction of sp³-hybridized carbons (Fsp3) is 0.455. The Morgan fingerprint density at radius 2 is 1.94 bits per heavy atom. The van der Waals surface area contributed by atoms with E-state index in [9.17, 15) is 17.6 Å². The van der Waals surface area contributed by atoms with Crippen molar-refractivity contribution in [3.8, 4) is 0 Å². The lowest BCUT2D eigenvalue weighted by Gasteiger charge is -2.18. The Hall–Kier alpha value is -0.810. The molecule has 1 saturated heterocycles. The Morgan fingerprint density at radius 3 is 2.47 bits per heavy atom. The van der Waals surface area contributed by atoms with Gasteiger partial charge in [0.15, 0.2) is 0 Å². The number of nitrogens with one attached hydrogen (secondary N) is 1. The van der Waals surface area contributed by atoms with Crippen molar-refractivity contribution in [2.45, 2.75) is 25.1 Å². The van der Waals surface area contributed by atoms with Gasteiger partial charge in [-0.25, -0.2) is 4.39 Å². The highest BCUT2D eigenvalue weighted by Crippen LogP contribution is 2.38. The molecule has 17 heavy (non-hydrogen) atoms. The minimum atomic E-state index is -4.63. The first kappa shape index (κ1) is 14.3. The van der Waals surface area contributed by atoms with Crippen molar-refractivity contribution in [1.29, 1.82) is 0 Å². The van der Waals surface area contributed by atoms with Gasteiger partial charge in [-0.15, -0.1) is 12.4 Å². The number of hydrogen-bond donors (Lipinski definition) is 1. The molecule has 1 heterocycles. The van der Waals surface area contributed by atoms with E-state index in [-0.39, 0.29) is 24.0 Å². The van der Waals surface area contributed by atoms with Gasteiger partial charge in [-0.1, -0.05) is 12.1 Å². The third kappa shape index (κ3) is 2.90. The van der Waals surface area contributed by atoms with Gasteiger partial charge in [0.25, 0.3) is 0 Å². The fourth-order valence-electron chi connectivity index (χ4n) is 2.08. The molecular formula is C11H12ClF4N. The maximum Gasteiger partial charge on any atom is 0.419 e. The van der Waals surface area contributed by atoms with Gasteiger partial charge in [0, 0.05) is 6.04 Å². The van der Waals surface area contributed by atoms with Gasteiger partial charge in [0.05, 0.1) is 5.56 Å². The first-order chi connectivity index (χ1) is 7.50. The summed E-state index contributed by atoms with van der Waals surface area (Å²) in [6.45, 7) is 0.679. The summed E-state index contributed by atoms with van der Waals surface area (Å²) in [4.78, 5) is 0. The molecule has 1 N–H and O–H groups in total. The molecule has 0 unspecified atom stereocenters. The van der Waals surface area contributed by atoms with Gasteiger partial charge >= 0.3 is 6.18 Å². The molecule has 1 fully saturated rings. The summed E-state index contributed by atoms with van der Waals surface area (Å²) in [6.07, 6.45) is -3.20. The second-order valence-corrected chi connectivity index (χ2v) is 3.85. The van der Waals surface area contributed by atoms with Gasteiger partial charge in [-0.05, 0) is 31.0 Å². The molecule has 0 radical (unpaired) electrons. The molecule has 0 amide bonds. The van der Waals surface area contributed by atoms with Gasteiger partial charge in [0.2, 0.25) is 0 Å². The van der Waals surface area contributed by atoms with Crippen LogP contribution in [-0.4, -0.2) is 6.54 Å². The second kappa shape index (κ2) is 5.23. The number of rotatable bonds is 1. The van der Waals surface area contributed by atoms with E-state index >= 15 is 0 Å². The molecule has 1 aromatic carbocycles. The summed E-state index contributed by atoms with van der Waals surface area (Å²) in [5.41, 5.74) is -1.11. The molecule has 1 nitrogen and oxygen atoms in total. The first-order valence-corrected chi connectivity index (χ1v) is 5.09. The van der Waals surface area contributed by atoms with Crippen LogP contribution in [0.3, 0.4) is 0 Å². The van der Waals surface area contributed by atoms with Gasteiger partial charge in [-0.2, -0.15) is 13.2 Å². The minimum absolute atomic E-state index is 0. The van der Waals surface area contributed by atoms with Gasteiger partial charge < -0.3 is 5.32 Å². The van der Waals surface area contributed by atoms with Crippen LogP contribution in [0.1, 0.15) is 30.0 Å². The molecule has 6 heteroatoms. The van der Waals surface area contributed by atoms with Crippen LogP contribution in [0.15, 0.2) is 18.2 Å². The lowest BCUT2D eigenvalue weighted by Crippen LogP contribution is -2.19. The van der Waals surface area contributed by atoms with Crippen molar-refractivity contribution in [3.05, 3.63) is 35.1 Å². The van der Waals surface area contributed by atoms with E-state index in [1.807, 2.05) is 0 Å². The highest BCUT2D eigenvalue weighted by molar-refractivity contribution is 5.85. The van der Waals surface area contributed by atoms with Crippen LogP contribution >= 0.6 is 12.4 Å². The van der Waals surface area contributed by atoms with Crippen LogP contribution in [-0.2, 0) is 6.18 Å². The standard InChI is InChI=1S/C11H11F4N.ClH/c12-8-4-1-3-7(9-5-2-6-16-9)10(8)11(13,14)15;/h1,3-4,9,16H,2,5-6H2;1H/t9-;/m1./s1. The van der Waals surface area contributed by atoms with E-state index < -0.39 is 17.6 Å². The Morgan fingerprint density at radius 1 is 1.24 bits per heavy atom. The number of hydrogen-bond acceptors (Lipinski definition) is 1. The zero-order valence-corrected chi connectivity index (χ0v) is 9.67. The zero-order chi connectivity index (χ0) is 11.8. The van der Waals surface area contributed by atoms with Crippen LogP contribution in [0, 0.1) is 5.82 Å². The summed E-state index contributed by atoms with van der Waals surface area (Å²) >= 11 is 0. The van der Waals surface area contributed by atoms with Crippen molar-refractivity contribution in [1.82, 2.24) is 5.32 Å². The number of benzene rings is 1. The molecule has 2 rings (SSSR count). The third-order valence-corrected chi connectivity index (χ3v) is 2.77. The highest BCUT2D eigenvalue weighted by atomic mass is 35.5. The molecule has 1 aliphatic heterocycles. The quantitative estimate of drug-likeness (QED) is 0.767. The molecule has 0 saturated carbocycles. The maximum absolute atomic E-state index is 13.3. The monoisotopic (exact) mass is 269 g/mol. The molecule has 96 valence electrons. The van der Waals surface area contributed by atoms with Crippen molar-refractivity contribution in [2.24, 2.45) is 0 Å². The highest BCUT2D eigenvalue weighted by Gasteiger charge is 2.38. The summed E-state index contributed by atoms with van der Waals surface area (Å²) in [7, 11) is 0. The molecule has 0 spiro atoms. The van der Waals surface area contributed by atoms with Crippen LogP contribution in [0.25, 0.3) is 0 Å². The Bertz CT molecular complexity index is 386. The van der Waals surface area contributed by atoms with Gasteiger partial charge in [-0.3, -0.25) is 0 Å². The van der Waals surface area contributed by atoms with Crippen LogP contribution < -0.4 is 5.32 Å². The van der Waals surface area contributed by atoms with Crippen molar-refractivity contribution in [3.63, 3.8) is 0 Å². The summed E-state index contributed by atoms with van der Waals surface area (Å²) in [5.74, 6) is -1.20. The smallest absolute Gasteiger partial charge is 0.310 e. The van der Waals surface area contributed by atoms with E-state index in [4.69, 9.17) is 0 Å². The largest absolute Gasteiger partial charge is 0.419 e. The van der Waals surface area contributed by atoms with Crippen molar-refractivity contribution >= 4 is 12.4 Å². The van der Waals surface area contributed by atoms with E-state index in [0.717, 1.165) is 12.5 Å². The summed E-state index contributed by atoms with van der Waals surface area (Å²) in [6, 6.07) is 3.13. The maximum atomic E-state index is 13.3. The Balaban J connectivity index is 0.00000144. The Labute approximate surface area is 103 Å². The summed E-state index contributed by atoms with van der Waals surface area (Å²) in [5, 5.41) is 2.95. The van der Waals surface area contributed by atoms with Crippen molar-refractivity contribution in [2.75, 3.05) is 6.54 Å². The predicted molar refractivity (Wildman–Crippen MR) is 58.6 cm³/mol. The van der Waals surface area contributed by atoms with Crippen LogP contribution in [0.2, 0.25) is 0 Å². The molecule has 1 aliphatic rings. The lowest BCUT2D eigenvalue weighted by atomic mass is 9.98. The van der Waals surface area contributed by atoms with E-state index in [2.05, 4.69) is 5.32 Å². The minimum Gasteiger partial charge on any atom is -0.310 e. The van der Waals surface area contributed by atoms with E-state index in [0.29, 0.717) is 13.0 Å².